The summed E-state index contributed by atoms with van der Waals surface area (Å²) in [6.07, 6.45) is 2.47. The Balaban J connectivity index is 1.52. The predicted octanol–water partition coefficient (Wildman–Crippen LogP) is 6.94. The molecule has 0 spiro atoms. The second-order valence-electron chi connectivity index (χ2n) is 8.25. The van der Waals surface area contributed by atoms with E-state index in [1.165, 1.54) is 17.0 Å². The van der Waals surface area contributed by atoms with Crippen molar-refractivity contribution in [1.82, 2.24) is 9.88 Å². The van der Waals surface area contributed by atoms with Crippen LogP contribution in [0, 0.1) is 19.7 Å². The van der Waals surface area contributed by atoms with Crippen LogP contribution in [0.2, 0.25) is 0 Å². The Bertz CT molecular complexity index is 1120. The molecule has 1 aliphatic heterocycles. The van der Waals surface area contributed by atoms with Gasteiger partial charge in [-0.2, -0.15) is 0 Å². The third kappa shape index (κ3) is 4.19. The molecule has 32 heavy (non-hydrogen) atoms. The first-order valence-corrected chi connectivity index (χ1v) is 11.6. The molecule has 2 heterocycles. The number of aromatic nitrogens is 1. The largest absolute Gasteiger partial charge is 0.437 e. The van der Waals surface area contributed by atoms with Crippen molar-refractivity contribution in [2.45, 2.75) is 45.3 Å². The fraction of sp³-hybridized carbons (Fsp3) is 0.308. The van der Waals surface area contributed by atoms with Gasteiger partial charge in [0.05, 0.1) is 21.6 Å². The van der Waals surface area contributed by atoms with E-state index in [9.17, 15) is 9.18 Å². The summed E-state index contributed by atoms with van der Waals surface area (Å²) in [5.74, 6) is -0.313. The fourth-order valence-corrected chi connectivity index (χ4v) is 5.29. The van der Waals surface area contributed by atoms with Gasteiger partial charge < -0.3 is 9.64 Å². The number of aryl methyl sites for hydroxylation is 2. The van der Waals surface area contributed by atoms with Crippen molar-refractivity contribution >= 4 is 17.4 Å². The van der Waals surface area contributed by atoms with Crippen molar-refractivity contribution < 1.29 is 13.9 Å². The van der Waals surface area contributed by atoms with Crippen molar-refractivity contribution in [1.29, 1.82) is 0 Å². The zero-order chi connectivity index (χ0) is 22.9. The number of ether oxygens (including phenoxy) is 1. The second-order valence-corrected chi connectivity index (χ2v) is 9.45. The second kappa shape index (κ2) is 8.87. The van der Waals surface area contributed by atoms with E-state index < -0.39 is 5.60 Å². The summed E-state index contributed by atoms with van der Waals surface area (Å²) in [4.78, 5) is 20.5. The van der Waals surface area contributed by atoms with Crippen LogP contribution in [0.25, 0.3) is 10.4 Å². The van der Waals surface area contributed by atoms with E-state index in [2.05, 4.69) is 35.8 Å². The van der Waals surface area contributed by atoms with Gasteiger partial charge in [0.1, 0.15) is 11.4 Å². The molecule has 0 N–H and O–H groups in total. The van der Waals surface area contributed by atoms with Crippen LogP contribution in [0.15, 0.2) is 61.2 Å². The molecule has 4 nitrogen and oxygen atoms in total. The molecule has 0 bridgehead atoms. The van der Waals surface area contributed by atoms with Gasteiger partial charge in [-0.1, -0.05) is 42.5 Å². The van der Waals surface area contributed by atoms with Crippen LogP contribution in [0.4, 0.5) is 9.18 Å². The number of halogens is 1. The van der Waals surface area contributed by atoms with E-state index in [-0.39, 0.29) is 18.0 Å². The molecule has 2 atom stereocenters. The van der Waals surface area contributed by atoms with Crippen LogP contribution in [-0.2, 0) is 10.3 Å². The van der Waals surface area contributed by atoms with Crippen molar-refractivity contribution in [3.05, 3.63) is 88.8 Å². The van der Waals surface area contributed by atoms with E-state index in [0.717, 1.165) is 27.4 Å². The summed E-state index contributed by atoms with van der Waals surface area (Å²) in [6.45, 7) is 10.4. The molecule has 1 aromatic heterocycles. The van der Waals surface area contributed by atoms with Gasteiger partial charge >= 0.3 is 6.09 Å². The summed E-state index contributed by atoms with van der Waals surface area (Å²) < 4.78 is 19.4. The van der Waals surface area contributed by atoms with Crippen molar-refractivity contribution in [3.8, 4) is 10.4 Å². The zero-order valence-electron chi connectivity index (χ0n) is 18.6. The maximum atomic E-state index is 13.4. The fourth-order valence-electron chi connectivity index (χ4n) is 4.36. The number of hydrogen-bond acceptors (Lipinski definition) is 4. The van der Waals surface area contributed by atoms with Crippen LogP contribution in [0.5, 0.6) is 0 Å². The van der Waals surface area contributed by atoms with Gasteiger partial charge in [0.15, 0.2) is 0 Å². The Kier molecular flexibility index (Phi) is 6.15. The van der Waals surface area contributed by atoms with E-state index in [1.807, 2.05) is 20.8 Å². The molecule has 3 aromatic rings. The minimum Gasteiger partial charge on any atom is -0.437 e. The number of nitrogens with zero attached hydrogens (tertiary/aromatic N) is 2. The molecule has 166 valence electrons. The zero-order valence-corrected chi connectivity index (χ0v) is 19.4. The summed E-state index contributed by atoms with van der Waals surface area (Å²) in [5.41, 5.74) is 3.19. The minimum absolute atomic E-state index is 0.129. The first-order valence-electron chi connectivity index (χ1n) is 10.7. The molecule has 1 fully saturated rings. The predicted molar refractivity (Wildman–Crippen MR) is 126 cm³/mol. The molecular weight excluding hydrogens is 423 g/mol. The average Bonchev–Trinajstić information content (AvgIpc) is 3.12. The highest BCUT2D eigenvalue weighted by molar-refractivity contribution is 7.15. The smallest absolute Gasteiger partial charge is 0.411 e. The first kappa shape index (κ1) is 22.2. The van der Waals surface area contributed by atoms with Gasteiger partial charge in [-0.05, 0) is 49.6 Å². The third-order valence-electron chi connectivity index (χ3n) is 6.14. The third-order valence-corrected chi connectivity index (χ3v) is 7.27. The van der Waals surface area contributed by atoms with Crippen molar-refractivity contribution in [3.63, 3.8) is 0 Å². The number of cyclic esters (lactones) is 1. The summed E-state index contributed by atoms with van der Waals surface area (Å²) in [5, 5.41) is 1.05. The molecule has 4 rings (SSSR count). The Labute approximate surface area is 192 Å². The molecule has 6 heteroatoms. The van der Waals surface area contributed by atoms with Gasteiger partial charge in [0, 0.05) is 19.4 Å². The molecule has 2 aromatic carbocycles. The van der Waals surface area contributed by atoms with Crippen LogP contribution in [0.3, 0.4) is 0 Å². The van der Waals surface area contributed by atoms with Gasteiger partial charge in [-0.3, -0.25) is 0 Å². The number of benzene rings is 2. The standard InChI is InChI=1S/C26H27FN2O2S/c1-5-14-26(22-10-12-23(27)13-11-22)15-16-29(25(30)31-26)18(3)20-6-8-21(9-7-20)24-17(2)28-19(4)32-24/h5-13,18H,1,14-16H2,2-4H3/t18-,26?/m0/s1. The van der Waals surface area contributed by atoms with Crippen LogP contribution >= 0.6 is 11.3 Å². The molecular formula is C26H27FN2O2S. The van der Waals surface area contributed by atoms with Gasteiger partial charge in [0.25, 0.3) is 0 Å². The lowest BCUT2D eigenvalue weighted by Gasteiger charge is -2.43. The first-order chi connectivity index (χ1) is 15.3. The SMILES string of the molecule is C=CCC1(c2ccc(F)cc2)CCN([C@@H](C)c2ccc(-c3sc(C)nc3C)cc2)C(=O)O1. The molecule has 0 aliphatic carbocycles. The number of amides is 1. The molecule has 1 amide bonds. The Hall–Kier alpha value is -2.99. The van der Waals surface area contributed by atoms with Gasteiger partial charge in [-0.25, -0.2) is 14.2 Å². The van der Waals surface area contributed by atoms with E-state index >= 15 is 0 Å². The molecule has 0 radical (unpaired) electrons. The summed E-state index contributed by atoms with van der Waals surface area (Å²) >= 11 is 1.69. The Morgan fingerprint density at radius 2 is 1.91 bits per heavy atom. The molecule has 1 saturated heterocycles. The highest BCUT2D eigenvalue weighted by atomic mass is 32.1. The summed E-state index contributed by atoms with van der Waals surface area (Å²) in [6, 6.07) is 14.3. The maximum Gasteiger partial charge on any atom is 0.411 e. The lowest BCUT2D eigenvalue weighted by molar-refractivity contribution is -0.0588. The topological polar surface area (TPSA) is 42.4 Å². The average molecular weight is 451 g/mol. The normalized spacial score (nSPS) is 19.5. The van der Waals surface area contributed by atoms with Crippen LogP contribution in [-0.4, -0.2) is 22.5 Å². The van der Waals surface area contributed by atoms with Gasteiger partial charge in [0.2, 0.25) is 0 Å². The van der Waals surface area contributed by atoms with Crippen molar-refractivity contribution in [2.75, 3.05) is 6.54 Å². The lowest BCUT2D eigenvalue weighted by Crippen LogP contribution is -2.48. The molecule has 1 unspecified atom stereocenters. The number of rotatable bonds is 6. The van der Waals surface area contributed by atoms with E-state index in [1.54, 1.807) is 34.4 Å². The Morgan fingerprint density at radius 3 is 2.47 bits per heavy atom. The van der Waals surface area contributed by atoms with E-state index in [4.69, 9.17) is 4.74 Å². The quantitative estimate of drug-likeness (QED) is 0.382. The number of carbonyl (C=O) groups is 1. The number of hydrogen-bond donors (Lipinski definition) is 0. The van der Waals surface area contributed by atoms with Gasteiger partial charge in [-0.15, -0.1) is 17.9 Å². The lowest BCUT2D eigenvalue weighted by atomic mass is 9.85. The summed E-state index contributed by atoms with van der Waals surface area (Å²) in [7, 11) is 0. The van der Waals surface area contributed by atoms with Crippen LogP contribution < -0.4 is 0 Å². The molecule has 1 aliphatic rings. The van der Waals surface area contributed by atoms with Crippen molar-refractivity contribution in [2.24, 2.45) is 0 Å². The highest BCUT2D eigenvalue weighted by Gasteiger charge is 2.42. The maximum absolute atomic E-state index is 13.4. The highest BCUT2D eigenvalue weighted by Crippen LogP contribution is 2.40. The molecule has 0 saturated carbocycles. The van der Waals surface area contributed by atoms with Crippen LogP contribution in [0.1, 0.15) is 47.6 Å². The number of carbonyl (C=O) groups excluding carboxylic acids is 1. The monoisotopic (exact) mass is 450 g/mol. The Morgan fingerprint density at radius 1 is 1.22 bits per heavy atom. The van der Waals surface area contributed by atoms with E-state index in [0.29, 0.717) is 19.4 Å². The minimum atomic E-state index is -0.811. The number of thiazole rings is 1.